The van der Waals surface area contributed by atoms with Crippen LogP contribution in [0.25, 0.3) is 0 Å². The molecule has 0 spiro atoms. The Morgan fingerprint density at radius 3 is 1.25 bits per heavy atom. The molecular weight excluding hydrogens is 278 g/mol. The zero-order valence-corrected chi connectivity index (χ0v) is 16.8. The van der Waals surface area contributed by atoms with E-state index in [1.54, 1.807) is 0 Å². The number of unbranched alkanes of at least 4 members (excludes halogenated alkanes) is 13. The van der Waals surface area contributed by atoms with E-state index in [4.69, 9.17) is 0 Å². The Morgan fingerprint density at radius 2 is 0.950 bits per heavy atom. The van der Waals surface area contributed by atoms with Crippen molar-refractivity contribution in [3.63, 3.8) is 0 Å². The van der Waals surface area contributed by atoms with Gasteiger partial charge in [-0.25, -0.2) is 0 Å². The minimum Gasteiger partial charge on any atom is -0.596 e. The van der Waals surface area contributed by atoms with Gasteiger partial charge in [0.1, 0.15) is 6.16 Å². The average molecular weight is 311 g/mol. The second-order valence-corrected chi connectivity index (χ2v) is 6.77. The van der Waals surface area contributed by atoms with Crippen LogP contribution in [0, 0.1) is 0 Å². The summed E-state index contributed by atoms with van der Waals surface area (Å²) < 4.78 is 10.4. The molecule has 1 unspecified atom stereocenters. The quantitative estimate of drug-likeness (QED) is 0.265. The van der Waals surface area contributed by atoms with Crippen molar-refractivity contribution in [1.29, 1.82) is 0 Å². The second kappa shape index (κ2) is 20.1. The van der Waals surface area contributed by atoms with Gasteiger partial charge >= 0.3 is 37.6 Å². The molecule has 0 saturated carbocycles. The molecule has 0 amide bonds. The molecule has 0 aromatic rings. The first-order valence-electron chi connectivity index (χ1n) is 8.39. The monoisotopic (exact) mass is 311 g/mol. The first kappa shape index (κ1) is 23.3. The van der Waals surface area contributed by atoms with E-state index >= 15 is 0 Å². The molecule has 0 aromatic heterocycles. The van der Waals surface area contributed by atoms with E-state index in [0.29, 0.717) is 6.16 Å². The van der Waals surface area contributed by atoms with E-state index < -0.39 is 8.03 Å². The molecule has 0 saturated heterocycles. The Balaban J connectivity index is 0. The first-order valence-corrected chi connectivity index (χ1v) is 9.75. The van der Waals surface area contributed by atoms with Crippen molar-refractivity contribution in [3.8, 4) is 0 Å². The predicted molar refractivity (Wildman–Crippen MR) is 82.8 cm³/mol. The van der Waals surface area contributed by atoms with Gasteiger partial charge in [-0.1, -0.05) is 88.5 Å². The smallest absolute Gasteiger partial charge is 0.596 e. The summed E-state index contributed by atoms with van der Waals surface area (Å²) in [5, 5.41) is 0. The van der Waals surface area contributed by atoms with Crippen molar-refractivity contribution in [2.45, 2.75) is 96.8 Å². The van der Waals surface area contributed by atoms with Crippen LogP contribution in [-0.4, -0.2) is 6.16 Å². The van der Waals surface area contributed by atoms with Crippen LogP contribution in [0.5, 0.6) is 0 Å². The normalized spacial score (nSPS) is 11.2. The zero-order chi connectivity index (χ0) is 14.2. The fraction of sp³-hybridized carbons (Fsp3) is 1.00. The Labute approximate surface area is 149 Å². The van der Waals surface area contributed by atoms with Crippen molar-refractivity contribution in [1.82, 2.24) is 0 Å². The summed E-state index contributed by atoms with van der Waals surface area (Å²) in [4.78, 5) is 10.4. The van der Waals surface area contributed by atoms with E-state index in [1.807, 2.05) is 0 Å². The number of hydrogen-bond acceptors (Lipinski definition) is 2. The van der Waals surface area contributed by atoms with Crippen molar-refractivity contribution < 1.29 is 39.0 Å². The molecule has 0 fully saturated rings. The van der Waals surface area contributed by atoms with Crippen LogP contribution < -0.4 is 34.5 Å². The Kier molecular flexibility index (Phi) is 23.4. The molecule has 0 heterocycles. The molecule has 20 heavy (non-hydrogen) atoms. The van der Waals surface area contributed by atoms with Gasteiger partial charge in [-0.05, 0) is 12.8 Å². The van der Waals surface area contributed by atoms with Gasteiger partial charge in [-0.3, -0.25) is 0 Å². The molecule has 114 valence electrons. The molecule has 0 bridgehead atoms. The molecule has 0 radical (unpaired) electrons. The summed E-state index contributed by atoms with van der Waals surface area (Å²) in [6, 6.07) is 0. The van der Waals surface area contributed by atoms with Gasteiger partial charge < -0.3 is 4.89 Å². The van der Waals surface area contributed by atoms with Crippen molar-refractivity contribution >= 4 is 8.03 Å². The fourth-order valence-electron chi connectivity index (χ4n) is 2.44. The summed E-state index contributed by atoms with van der Waals surface area (Å²) in [5.41, 5.74) is 0. The Morgan fingerprint density at radius 1 is 0.650 bits per heavy atom. The van der Waals surface area contributed by atoms with Crippen LogP contribution in [0.2, 0.25) is 0 Å². The number of rotatable bonds is 15. The third-order valence-corrected chi connectivity index (χ3v) is 4.38. The molecule has 4 heteroatoms. The van der Waals surface area contributed by atoms with Crippen molar-refractivity contribution in [3.05, 3.63) is 0 Å². The van der Waals surface area contributed by atoms with Gasteiger partial charge in [0, 0.05) is 0 Å². The molecule has 0 aromatic carbocycles. The predicted octanol–water partition coefficient (Wildman–Crippen LogP) is 2.57. The summed E-state index contributed by atoms with van der Waals surface area (Å²) in [6.45, 7) is 2.26. The fourth-order valence-corrected chi connectivity index (χ4v) is 2.92. The van der Waals surface area contributed by atoms with Crippen LogP contribution in [0.3, 0.4) is 0 Å². The van der Waals surface area contributed by atoms with Crippen LogP contribution in [0.15, 0.2) is 0 Å². The van der Waals surface area contributed by atoms with Crippen LogP contribution >= 0.6 is 8.03 Å². The largest absolute Gasteiger partial charge is 1.00 e. The maximum Gasteiger partial charge on any atom is 1.00 e. The maximum absolute atomic E-state index is 10.4. The standard InChI is InChI=1S/C16H33O2P.Na/c1-2-3-4-5-6-7-8-9-10-11-12-13-14-15-16-19(17)18;/h2-16H2,1H3;/q;+1. The van der Waals surface area contributed by atoms with E-state index in [0.717, 1.165) is 12.8 Å². The van der Waals surface area contributed by atoms with Gasteiger partial charge in [0.25, 0.3) is 0 Å². The van der Waals surface area contributed by atoms with Crippen LogP contribution in [0.4, 0.5) is 0 Å². The zero-order valence-electron chi connectivity index (χ0n) is 13.9. The molecule has 0 aliphatic heterocycles. The van der Waals surface area contributed by atoms with Crippen LogP contribution in [0.1, 0.15) is 96.8 Å². The minimum atomic E-state index is -2.14. The van der Waals surface area contributed by atoms with Gasteiger partial charge in [0.2, 0.25) is 0 Å². The summed E-state index contributed by atoms with van der Waals surface area (Å²) >= 11 is 0. The van der Waals surface area contributed by atoms with E-state index in [-0.39, 0.29) is 29.6 Å². The van der Waals surface area contributed by atoms with Gasteiger partial charge in [-0.2, -0.15) is 0 Å². The summed E-state index contributed by atoms with van der Waals surface area (Å²) in [5.74, 6) is 0. The van der Waals surface area contributed by atoms with Crippen LogP contribution in [-0.2, 0) is 4.57 Å². The van der Waals surface area contributed by atoms with Gasteiger partial charge in [-0.15, -0.1) is 0 Å². The molecular formula is C16H33NaO2P+. The SMILES string of the molecule is CCCCCCCCCCCCCCCC[P+](=O)[O-].[Na+]. The molecule has 1 atom stereocenters. The molecule has 0 aliphatic rings. The third kappa shape index (κ3) is 21.4. The summed E-state index contributed by atoms with van der Waals surface area (Å²) in [7, 11) is -2.14. The average Bonchev–Trinajstić information content (AvgIpc) is 2.39. The maximum atomic E-state index is 10.4. The Bertz CT molecular complexity index is 201. The molecule has 2 nitrogen and oxygen atoms in total. The van der Waals surface area contributed by atoms with Crippen molar-refractivity contribution in [2.75, 3.05) is 6.16 Å². The van der Waals surface area contributed by atoms with E-state index in [9.17, 15) is 9.46 Å². The summed E-state index contributed by atoms with van der Waals surface area (Å²) in [6.07, 6.45) is 18.7. The second-order valence-electron chi connectivity index (χ2n) is 5.65. The van der Waals surface area contributed by atoms with Gasteiger partial charge in [0.15, 0.2) is 0 Å². The molecule has 0 rings (SSSR count). The van der Waals surface area contributed by atoms with E-state index in [1.165, 1.54) is 77.0 Å². The third-order valence-electron chi connectivity index (χ3n) is 3.69. The van der Waals surface area contributed by atoms with Crippen molar-refractivity contribution in [2.24, 2.45) is 0 Å². The minimum absolute atomic E-state index is 0. The Hall–Kier alpha value is 1.06. The van der Waals surface area contributed by atoms with E-state index in [2.05, 4.69) is 6.92 Å². The molecule has 0 aliphatic carbocycles. The topological polar surface area (TPSA) is 40.1 Å². The molecule has 0 N–H and O–H groups in total. The first-order chi connectivity index (χ1) is 9.27. The van der Waals surface area contributed by atoms with Gasteiger partial charge in [0.05, 0.1) is 0 Å². The number of hydrogen-bond donors (Lipinski definition) is 0.